The summed E-state index contributed by atoms with van der Waals surface area (Å²) in [5.41, 5.74) is 0. The smallest absolute Gasteiger partial charge is 0.268 e. The van der Waals surface area contributed by atoms with Crippen molar-refractivity contribution in [1.29, 1.82) is 0 Å². The molecule has 0 aliphatic carbocycles. The Labute approximate surface area is 147 Å². The zero-order valence-electron chi connectivity index (χ0n) is 15.5. The minimum Gasteiger partial charge on any atom is -0.379 e. The van der Waals surface area contributed by atoms with E-state index in [1.807, 2.05) is 0 Å². The van der Waals surface area contributed by atoms with Gasteiger partial charge >= 0.3 is 0 Å². The number of hydrogen-bond donors (Lipinski definition) is 0. The van der Waals surface area contributed by atoms with Gasteiger partial charge in [-0.3, -0.25) is 4.90 Å². The molecule has 0 bridgehead atoms. The molecule has 24 heavy (non-hydrogen) atoms. The first-order valence-electron chi connectivity index (χ1n) is 9.83. The van der Waals surface area contributed by atoms with Crippen molar-refractivity contribution in [2.24, 2.45) is 0 Å². The summed E-state index contributed by atoms with van der Waals surface area (Å²) in [5.74, 6) is -2.69. The Morgan fingerprint density at radius 1 is 0.833 bits per heavy atom. The maximum atomic E-state index is 12.5. The predicted molar refractivity (Wildman–Crippen MR) is 94.9 cm³/mol. The molecule has 1 aliphatic rings. The molecule has 0 atom stereocenters. The highest BCUT2D eigenvalue weighted by atomic mass is 19.3. The third-order valence-electron chi connectivity index (χ3n) is 4.47. The third-order valence-corrected chi connectivity index (χ3v) is 4.47. The average molecular weight is 350 g/mol. The molecule has 144 valence electrons. The van der Waals surface area contributed by atoms with Crippen LogP contribution in [0.5, 0.6) is 0 Å². The molecule has 1 aliphatic heterocycles. The lowest BCUT2D eigenvalue weighted by molar-refractivity contribution is -0.0629. The maximum Gasteiger partial charge on any atom is 0.268 e. The predicted octanol–water partition coefficient (Wildman–Crippen LogP) is 4.89. The highest BCUT2D eigenvalue weighted by molar-refractivity contribution is 4.61. The van der Waals surface area contributed by atoms with Crippen LogP contribution in [0.25, 0.3) is 0 Å². The Kier molecular flexibility index (Phi) is 12.7. The lowest BCUT2D eigenvalue weighted by Crippen LogP contribution is -2.36. The first kappa shape index (κ1) is 21.8. The first-order chi connectivity index (χ1) is 11.6. The largest absolute Gasteiger partial charge is 0.379 e. The van der Waals surface area contributed by atoms with Gasteiger partial charge in [-0.25, -0.2) is 8.78 Å². The van der Waals surface area contributed by atoms with Crippen molar-refractivity contribution >= 4 is 0 Å². The summed E-state index contributed by atoms with van der Waals surface area (Å²) in [6.07, 6.45) is 12.4. The molecular weight excluding hydrogens is 312 g/mol. The quantitative estimate of drug-likeness (QED) is 0.393. The summed E-state index contributed by atoms with van der Waals surface area (Å²) >= 11 is 0. The molecular formula is C19H37F2NO2. The summed E-state index contributed by atoms with van der Waals surface area (Å²) in [4.78, 5) is 2.51. The molecule has 0 saturated carbocycles. The number of ether oxygens (including phenoxy) is 2. The van der Waals surface area contributed by atoms with Gasteiger partial charge in [0, 0.05) is 26.6 Å². The molecule has 1 rings (SSSR count). The van der Waals surface area contributed by atoms with Gasteiger partial charge in [-0.15, -0.1) is 0 Å². The van der Waals surface area contributed by atoms with E-state index in [4.69, 9.17) is 9.47 Å². The number of alkyl halides is 2. The highest BCUT2D eigenvalue weighted by Crippen LogP contribution is 2.13. The summed E-state index contributed by atoms with van der Waals surface area (Å²) in [6.45, 7) is 6.16. The normalized spacial score (nSPS) is 16.6. The van der Waals surface area contributed by atoms with Crippen molar-refractivity contribution < 1.29 is 18.3 Å². The van der Waals surface area contributed by atoms with Crippen molar-refractivity contribution in [3.63, 3.8) is 0 Å². The van der Waals surface area contributed by atoms with Crippen LogP contribution in [0.1, 0.15) is 71.1 Å². The number of rotatable bonds is 15. The molecule has 0 aromatic heterocycles. The van der Waals surface area contributed by atoms with Crippen LogP contribution in [0.15, 0.2) is 0 Å². The monoisotopic (exact) mass is 349 g/mol. The second-order valence-corrected chi connectivity index (χ2v) is 7.11. The van der Waals surface area contributed by atoms with Crippen LogP contribution >= 0.6 is 0 Å². The molecule has 0 aromatic carbocycles. The van der Waals surface area contributed by atoms with Gasteiger partial charge in [-0.2, -0.15) is 0 Å². The zero-order chi connectivity index (χ0) is 17.5. The summed E-state index contributed by atoms with van der Waals surface area (Å²) in [7, 11) is 0. The van der Waals surface area contributed by atoms with Crippen LogP contribution < -0.4 is 0 Å². The number of nitrogens with zero attached hydrogens (tertiary/aromatic N) is 1. The Morgan fingerprint density at radius 2 is 1.33 bits per heavy atom. The third kappa shape index (κ3) is 14.1. The topological polar surface area (TPSA) is 21.7 Å². The SMILES string of the molecule is CC(F)(F)COCCCCCCCCCCCCN1CCOCC1. The van der Waals surface area contributed by atoms with Crippen LogP contribution in [0.3, 0.4) is 0 Å². The molecule has 1 fully saturated rings. The van der Waals surface area contributed by atoms with Crippen molar-refractivity contribution in [3.8, 4) is 0 Å². The standard InChI is InChI=1S/C19H37F2NO2/c1-19(20,21)18-24-15-11-9-7-5-3-2-4-6-8-10-12-22-13-16-23-17-14-22/h2-18H2,1H3. The van der Waals surface area contributed by atoms with Gasteiger partial charge in [0.25, 0.3) is 5.92 Å². The molecule has 3 nitrogen and oxygen atoms in total. The maximum absolute atomic E-state index is 12.5. The van der Waals surface area contributed by atoms with Gasteiger partial charge in [0.2, 0.25) is 0 Å². The van der Waals surface area contributed by atoms with E-state index in [0.717, 1.165) is 46.1 Å². The van der Waals surface area contributed by atoms with Crippen LogP contribution in [0.4, 0.5) is 8.78 Å². The van der Waals surface area contributed by atoms with E-state index in [2.05, 4.69) is 4.90 Å². The Bertz CT molecular complexity index is 279. The van der Waals surface area contributed by atoms with Crippen molar-refractivity contribution in [1.82, 2.24) is 4.90 Å². The van der Waals surface area contributed by atoms with Crippen molar-refractivity contribution in [2.45, 2.75) is 77.1 Å². The fourth-order valence-corrected chi connectivity index (χ4v) is 3.03. The fourth-order valence-electron chi connectivity index (χ4n) is 3.03. The van der Waals surface area contributed by atoms with Gasteiger partial charge in [0.1, 0.15) is 6.61 Å². The van der Waals surface area contributed by atoms with Gasteiger partial charge in [0.05, 0.1) is 13.2 Å². The Morgan fingerprint density at radius 3 is 1.88 bits per heavy atom. The minimum atomic E-state index is -2.69. The number of halogens is 2. The molecule has 1 heterocycles. The average Bonchev–Trinajstić information content (AvgIpc) is 2.55. The molecule has 1 saturated heterocycles. The summed E-state index contributed by atoms with van der Waals surface area (Å²) in [6, 6.07) is 0. The van der Waals surface area contributed by atoms with Crippen molar-refractivity contribution in [3.05, 3.63) is 0 Å². The molecule has 0 amide bonds. The van der Waals surface area contributed by atoms with Crippen molar-refractivity contribution in [2.75, 3.05) is 46.1 Å². The molecule has 0 radical (unpaired) electrons. The van der Waals surface area contributed by atoms with Gasteiger partial charge in [-0.05, 0) is 19.4 Å². The van der Waals surface area contributed by atoms with Crippen LogP contribution in [0.2, 0.25) is 0 Å². The fraction of sp³-hybridized carbons (Fsp3) is 1.00. The molecule has 0 N–H and O–H groups in total. The lowest BCUT2D eigenvalue weighted by atomic mass is 10.1. The first-order valence-corrected chi connectivity index (χ1v) is 9.83. The van der Waals surface area contributed by atoms with Crippen LogP contribution in [0, 0.1) is 0 Å². The highest BCUT2D eigenvalue weighted by Gasteiger charge is 2.20. The summed E-state index contributed by atoms with van der Waals surface area (Å²) < 4.78 is 35.3. The minimum absolute atomic E-state index is 0.446. The second-order valence-electron chi connectivity index (χ2n) is 7.11. The van der Waals surface area contributed by atoms with E-state index in [9.17, 15) is 8.78 Å². The lowest BCUT2D eigenvalue weighted by Gasteiger charge is -2.26. The zero-order valence-corrected chi connectivity index (χ0v) is 15.5. The van der Waals surface area contributed by atoms with E-state index in [1.165, 1.54) is 57.9 Å². The van der Waals surface area contributed by atoms with E-state index >= 15 is 0 Å². The van der Waals surface area contributed by atoms with Gasteiger partial charge in [0.15, 0.2) is 0 Å². The summed E-state index contributed by atoms with van der Waals surface area (Å²) in [5, 5.41) is 0. The molecule has 0 unspecified atom stereocenters. The van der Waals surface area contributed by atoms with E-state index < -0.39 is 12.5 Å². The van der Waals surface area contributed by atoms with Crippen LogP contribution in [-0.4, -0.2) is 56.9 Å². The Hall–Kier alpha value is -0.260. The van der Waals surface area contributed by atoms with E-state index in [0.29, 0.717) is 6.61 Å². The molecule has 0 aromatic rings. The Balaban J connectivity index is 1.70. The second kappa shape index (κ2) is 14.0. The number of unbranched alkanes of at least 4 members (excludes halogenated alkanes) is 9. The molecule has 0 spiro atoms. The van der Waals surface area contributed by atoms with E-state index in [-0.39, 0.29) is 0 Å². The van der Waals surface area contributed by atoms with E-state index in [1.54, 1.807) is 0 Å². The number of hydrogen-bond acceptors (Lipinski definition) is 3. The number of morpholine rings is 1. The van der Waals surface area contributed by atoms with Gasteiger partial charge in [-0.1, -0.05) is 51.4 Å². The van der Waals surface area contributed by atoms with Crippen LogP contribution in [-0.2, 0) is 9.47 Å². The molecule has 5 heteroatoms. The van der Waals surface area contributed by atoms with Gasteiger partial charge < -0.3 is 9.47 Å².